The molecule has 19 heavy (non-hydrogen) atoms. The van der Waals surface area contributed by atoms with E-state index in [1.807, 2.05) is 0 Å². The Kier molecular flexibility index (Phi) is 4.24. The molecule has 0 saturated carbocycles. The molecular weight excluding hydrogens is 268 g/mol. The number of nitrogens with zero attached hydrogens (tertiary/aromatic N) is 1. The van der Waals surface area contributed by atoms with Crippen LogP contribution in [0, 0.1) is 0 Å². The van der Waals surface area contributed by atoms with Gasteiger partial charge in [-0.2, -0.15) is 0 Å². The summed E-state index contributed by atoms with van der Waals surface area (Å²) in [6.45, 7) is 1.45. The maximum Gasteiger partial charge on any atom is 0.322 e. The molecule has 1 aromatic carbocycles. The van der Waals surface area contributed by atoms with Gasteiger partial charge >= 0.3 is 6.03 Å². The Hall–Kier alpha value is -1.79. The van der Waals surface area contributed by atoms with Gasteiger partial charge in [0, 0.05) is 30.3 Å². The molecule has 0 spiro atoms. The summed E-state index contributed by atoms with van der Waals surface area (Å²) < 4.78 is 0. The summed E-state index contributed by atoms with van der Waals surface area (Å²) in [5.74, 6) is -0.515. The molecule has 1 aliphatic heterocycles. The number of hydrogen-bond donors (Lipinski definition) is 3. The van der Waals surface area contributed by atoms with Gasteiger partial charge in [-0.3, -0.25) is 4.79 Å². The van der Waals surface area contributed by atoms with Gasteiger partial charge in [-0.15, -0.1) is 0 Å². The van der Waals surface area contributed by atoms with E-state index in [9.17, 15) is 9.59 Å². The van der Waals surface area contributed by atoms with E-state index in [2.05, 4.69) is 10.6 Å². The molecule has 2 rings (SSSR count). The van der Waals surface area contributed by atoms with Crippen LogP contribution in [-0.4, -0.2) is 42.5 Å². The summed E-state index contributed by atoms with van der Waals surface area (Å²) in [6, 6.07) is 5.79. The van der Waals surface area contributed by atoms with Gasteiger partial charge in [0.05, 0.1) is 0 Å². The number of anilines is 1. The van der Waals surface area contributed by atoms with Gasteiger partial charge in [-0.25, -0.2) is 4.79 Å². The fourth-order valence-electron chi connectivity index (χ4n) is 1.93. The zero-order chi connectivity index (χ0) is 13.8. The van der Waals surface area contributed by atoms with Crippen LogP contribution in [0.1, 0.15) is 0 Å². The van der Waals surface area contributed by atoms with E-state index >= 15 is 0 Å². The van der Waals surface area contributed by atoms with Crippen molar-refractivity contribution in [1.29, 1.82) is 0 Å². The minimum atomic E-state index is -0.624. The molecule has 0 radical (unpaired) electrons. The van der Waals surface area contributed by atoms with Crippen molar-refractivity contribution in [1.82, 2.24) is 10.2 Å². The van der Waals surface area contributed by atoms with Crippen molar-refractivity contribution in [3.63, 3.8) is 0 Å². The topological polar surface area (TPSA) is 87.5 Å². The van der Waals surface area contributed by atoms with Gasteiger partial charge in [0.2, 0.25) is 5.91 Å². The van der Waals surface area contributed by atoms with Gasteiger partial charge < -0.3 is 21.3 Å². The molecule has 0 aliphatic carbocycles. The third kappa shape index (κ3) is 3.36. The lowest BCUT2D eigenvalue weighted by Gasteiger charge is -2.34. The van der Waals surface area contributed by atoms with Crippen molar-refractivity contribution in [3.8, 4) is 0 Å². The first-order valence-electron chi connectivity index (χ1n) is 5.91. The van der Waals surface area contributed by atoms with Crippen molar-refractivity contribution >= 4 is 29.2 Å². The third-order valence-corrected chi connectivity index (χ3v) is 3.18. The number of carbonyl (C=O) groups is 2. The lowest BCUT2D eigenvalue weighted by atomic mass is 10.2. The maximum atomic E-state index is 12.1. The normalized spacial score (nSPS) is 19.0. The second kappa shape index (κ2) is 5.90. The molecule has 1 saturated heterocycles. The maximum absolute atomic E-state index is 12.1. The number of carbonyl (C=O) groups excluding carboxylic acids is 2. The Morgan fingerprint density at radius 2 is 2.05 bits per heavy atom. The van der Waals surface area contributed by atoms with E-state index in [0.29, 0.717) is 30.3 Å². The molecule has 1 aliphatic rings. The van der Waals surface area contributed by atoms with Crippen LogP contribution >= 0.6 is 11.6 Å². The predicted octanol–water partition coefficient (Wildman–Crippen LogP) is 0.631. The highest BCUT2D eigenvalue weighted by Crippen LogP contribution is 2.14. The van der Waals surface area contributed by atoms with Crippen LogP contribution in [0.4, 0.5) is 10.5 Å². The number of urea groups is 1. The van der Waals surface area contributed by atoms with Crippen LogP contribution in [0.2, 0.25) is 5.02 Å². The number of benzene rings is 1. The molecule has 0 bridgehead atoms. The molecule has 1 atom stereocenters. The predicted molar refractivity (Wildman–Crippen MR) is 73.0 cm³/mol. The molecular formula is C12H15ClN4O2. The Bertz CT molecular complexity index is 477. The number of amides is 3. The van der Waals surface area contributed by atoms with Crippen LogP contribution in [-0.2, 0) is 4.79 Å². The average Bonchev–Trinajstić information content (AvgIpc) is 2.41. The number of rotatable bonds is 2. The first-order chi connectivity index (χ1) is 9.08. The van der Waals surface area contributed by atoms with E-state index in [1.165, 1.54) is 4.90 Å². The van der Waals surface area contributed by atoms with Gasteiger partial charge in [0.15, 0.2) is 0 Å². The van der Waals surface area contributed by atoms with Crippen LogP contribution < -0.4 is 16.4 Å². The summed E-state index contributed by atoms with van der Waals surface area (Å²) in [4.78, 5) is 24.9. The summed E-state index contributed by atoms with van der Waals surface area (Å²) in [5.41, 5.74) is 5.91. The molecule has 6 nitrogen and oxygen atoms in total. The summed E-state index contributed by atoms with van der Waals surface area (Å²) in [5, 5.41) is 6.34. The second-order valence-electron chi connectivity index (χ2n) is 4.25. The number of primary amides is 1. The van der Waals surface area contributed by atoms with E-state index in [4.69, 9.17) is 17.3 Å². The first kappa shape index (κ1) is 13.6. The van der Waals surface area contributed by atoms with Gasteiger partial charge in [0.1, 0.15) is 6.04 Å². The standard InChI is InChI=1S/C12H15ClN4O2/c13-8-1-3-9(4-2-8)16-12(19)17-6-5-15-7-10(17)11(14)18/h1-4,10,15H,5-7H2,(H2,14,18)(H,16,19). The average molecular weight is 283 g/mol. The lowest BCUT2D eigenvalue weighted by molar-refractivity contribution is -0.122. The molecule has 3 amide bonds. The first-order valence-corrected chi connectivity index (χ1v) is 6.29. The van der Waals surface area contributed by atoms with Gasteiger partial charge in [-0.05, 0) is 24.3 Å². The van der Waals surface area contributed by atoms with E-state index in [0.717, 1.165) is 0 Å². The molecule has 0 aromatic heterocycles. The highest BCUT2D eigenvalue weighted by molar-refractivity contribution is 6.30. The van der Waals surface area contributed by atoms with Crippen LogP contribution in [0.5, 0.6) is 0 Å². The number of nitrogens with one attached hydrogen (secondary N) is 2. The molecule has 102 valence electrons. The summed E-state index contributed by atoms with van der Waals surface area (Å²) in [6.07, 6.45) is 0. The molecule has 1 fully saturated rings. The highest BCUT2D eigenvalue weighted by atomic mass is 35.5. The quantitative estimate of drug-likeness (QED) is 0.743. The molecule has 1 unspecified atom stereocenters. The van der Waals surface area contributed by atoms with Crippen molar-refractivity contribution in [2.45, 2.75) is 6.04 Å². The minimum Gasteiger partial charge on any atom is -0.368 e. The van der Waals surface area contributed by atoms with E-state index < -0.39 is 11.9 Å². The molecule has 1 aromatic rings. The highest BCUT2D eigenvalue weighted by Gasteiger charge is 2.30. The third-order valence-electron chi connectivity index (χ3n) is 2.93. The van der Waals surface area contributed by atoms with Crippen LogP contribution in [0.15, 0.2) is 24.3 Å². The van der Waals surface area contributed by atoms with Crippen molar-refractivity contribution in [3.05, 3.63) is 29.3 Å². The number of nitrogens with two attached hydrogens (primary N) is 1. The van der Waals surface area contributed by atoms with Crippen molar-refractivity contribution in [2.24, 2.45) is 5.73 Å². The Morgan fingerprint density at radius 1 is 1.37 bits per heavy atom. The van der Waals surface area contributed by atoms with Gasteiger partial charge in [0.25, 0.3) is 0 Å². The Labute approximate surface area is 115 Å². The number of halogens is 1. The summed E-state index contributed by atoms with van der Waals surface area (Å²) >= 11 is 5.77. The van der Waals surface area contributed by atoms with E-state index in [1.54, 1.807) is 24.3 Å². The molecule has 7 heteroatoms. The number of hydrogen-bond acceptors (Lipinski definition) is 3. The zero-order valence-electron chi connectivity index (χ0n) is 10.2. The van der Waals surface area contributed by atoms with Crippen molar-refractivity contribution < 1.29 is 9.59 Å². The fraction of sp³-hybridized carbons (Fsp3) is 0.333. The lowest BCUT2D eigenvalue weighted by Crippen LogP contribution is -2.59. The van der Waals surface area contributed by atoms with E-state index in [-0.39, 0.29) is 6.03 Å². The minimum absolute atomic E-state index is 0.340. The SMILES string of the molecule is NC(=O)C1CNCCN1C(=O)Nc1ccc(Cl)cc1. The zero-order valence-corrected chi connectivity index (χ0v) is 11.0. The largest absolute Gasteiger partial charge is 0.368 e. The second-order valence-corrected chi connectivity index (χ2v) is 4.69. The Balaban J connectivity index is 2.05. The van der Waals surface area contributed by atoms with Gasteiger partial charge in [-0.1, -0.05) is 11.6 Å². The Morgan fingerprint density at radius 3 is 2.68 bits per heavy atom. The molecule has 4 N–H and O–H groups in total. The van der Waals surface area contributed by atoms with Crippen molar-refractivity contribution in [2.75, 3.05) is 25.0 Å². The van der Waals surface area contributed by atoms with Crippen LogP contribution in [0.25, 0.3) is 0 Å². The number of piperazine rings is 1. The summed E-state index contributed by atoms with van der Waals surface area (Å²) in [7, 11) is 0. The monoisotopic (exact) mass is 282 g/mol. The van der Waals surface area contributed by atoms with Crippen LogP contribution in [0.3, 0.4) is 0 Å². The smallest absolute Gasteiger partial charge is 0.322 e. The molecule has 1 heterocycles. The fourth-order valence-corrected chi connectivity index (χ4v) is 2.06.